The quantitative estimate of drug-likeness (QED) is 0.828. The number of carboxylic acid groups (broad SMARTS) is 1. The van der Waals surface area contributed by atoms with Gasteiger partial charge in [0, 0.05) is 6.54 Å². The van der Waals surface area contributed by atoms with Crippen LogP contribution in [-0.2, 0) is 16.0 Å². The second-order valence-electron chi connectivity index (χ2n) is 5.57. The molecule has 0 bridgehead atoms. The summed E-state index contributed by atoms with van der Waals surface area (Å²) >= 11 is 0. The molecule has 4 nitrogen and oxygen atoms in total. The molecule has 0 aliphatic heterocycles. The third-order valence-corrected chi connectivity index (χ3v) is 4.11. The minimum Gasteiger partial charge on any atom is -0.480 e. The molecule has 1 aliphatic rings. The van der Waals surface area contributed by atoms with Crippen molar-refractivity contribution in [2.45, 2.75) is 19.3 Å². The van der Waals surface area contributed by atoms with Gasteiger partial charge in [-0.15, -0.1) is 0 Å². The molecule has 1 saturated carbocycles. The van der Waals surface area contributed by atoms with Gasteiger partial charge in [-0.1, -0.05) is 42.5 Å². The van der Waals surface area contributed by atoms with Crippen molar-refractivity contribution in [3.63, 3.8) is 0 Å². The van der Waals surface area contributed by atoms with Gasteiger partial charge in [0.1, 0.15) is 5.41 Å². The summed E-state index contributed by atoms with van der Waals surface area (Å²) in [6.07, 6.45) is 1.60. The van der Waals surface area contributed by atoms with E-state index in [1.54, 1.807) is 0 Å². The second-order valence-corrected chi connectivity index (χ2v) is 5.57. The van der Waals surface area contributed by atoms with Crippen LogP contribution in [0.4, 0.5) is 0 Å². The lowest BCUT2D eigenvalue weighted by Gasteiger charge is -2.11. The van der Waals surface area contributed by atoms with Crippen molar-refractivity contribution in [3.8, 4) is 0 Å². The van der Waals surface area contributed by atoms with E-state index in [1.165, 1.54) is 10.8 Å². The van der Waals surface area contributed by atoms with Crippen molar-refractivity contribution >= 4 is 22.6 Å². The van der Waals surface area contributed by atoms with E-state index in [9.17, 15) is 9.59 Å². The van der Waals surface area contributed by atoms with E-state index in [1.807, 2.05) is 18.2 Å². The van der Waals surface area contributed by atoms with Gasteiger partial charge in [0.2, 0.25) is 5.91 Å². The van der Waals surface area contributed by atoms with Crippen molar-refractivity contribution in [2.75, 3.05) is 6.54 Å². The molecule has 108 valence electrons. The zero-order valence-electron chi connectivity index (χ0n) is 11.6. The van der Waals surface area contributed by atoms with Crippen molar-refractivity contribution in [1.29, 1.82) is 0 Å². The molecule has 0 spiro atoms. The lowest BCUT2D eigenvalue weighted by molar-refractivity contribution is -0.149. The predicted octanol–water partition coefficient (Wildman–Crippen LogP) is 2.36. The maximum atomic E-state index is 11.9. The van der Waals surface area contributed by atoms with Gasteiger partial charge in [-0.2, -0.15) is 0 Å². The molecule has 1 fully saturated rings. The van der Waals surface area contributed by atoms with Crippen LogP contribution in [0.25, 0.3) is 10.8 Å². The fourth-order valence-corrected chi connectivity index (χ4v) is 2.55. The molecule has 0 unspecified atom stereocenters. The average molecular weight is 283 g/mol. The van der Waals surface area contributed by atoms with Gasteiger partial charge in [-0.25, -0.2) is 0 Å². The van der Waals surface area contributed by atoms with Crippen LogP contribution in [0.2, 0.25) is 0 Å². The Balaban J connectivity index is 1.59. The number of carbonyl (C=O) groups excluding carboxylic acids is 1. The summed E-state index contributed by atoms with van der Waals surface area (Å²) < 4.78 is 0. The highest BCUT2D eigenvalue weighted by atomic mass is 16.4. The molecule has 21 heavy (non-hydrogen) atoms. The lowest BCUT2D eigenvalue weighted by atomic mass is 10.0. The van der Waals surface area contributed by atoms with Crippen molar-refractivity contribution in [2.24, 2.45) is 5.41 Å². The second kappa shape index (κ2) is 5.20. The molecule has 1 amide bonds. The van der Waals surface area contributed by atoms with E-state index >= 15 is 0 Å². The minimum absolute atomic E-state index is 0.351. The number of amides is 1. The maximum absolute atomic E-state index is 11.9. The zero-order chi connectivity index (χ0) is 14.9. The Kier molecular flexibility index (Phi) is 3.37. The van der Waals surface area contributed by atoms with Crippen LogP contribution in [0.1, 0.15) is 18.4 Å². The number of hydrogen-bond donors (Lipinski definition) is 2. The van der Waals surface area contributed by atoms with Crippen LogP contribution in [0.3, 0.4) is 0 Å². The van der Waals surface area contributed by atoms with Gasteiger partial charge in [0.05, 0.1) is 0 Å². The van der Waals surface area contributed by atoms with E-state index in [4.69, 9.17) is 5.11 Å². The Morgan fingerprint density at radius 2 is 1.81 bits per heavy atom. The Labute approximate surface area is 122 Å². The van der Waals surface area contributed by atoms with Crippen LogP contribution in [0.15, 0.2) is 42.5 Å². The van der Waals surface area contributed by atoms with Crippen LogP contribution in [0.5, 0.6) is 0 Å². The normalized spacial score (nSPS) is 15.6. The molecule has 0 aromatic heterocycles. The summed E-state index contributed by atoms with van der Waals surface area (Å²) in [5, 5.41) is 14.2. The van der Waals surface area contributed by atoms with Crippen LogP contribution in [0, 0.1) is 5.41 Å². The number of rotatable bonds is 5. The molecule has 0 saturated heterocycles. The summed E-state index contributed by atoms with van der Waals surface area (Å²) in [7, 11) is 0. The van der Waals surface area contributed by atoms with E-state index < -0.39 is 11.4 Å². The average Bonchev–Trinajstić information content (AvgIpc) is 3.29. The molecule has 3 rings (SSSR count). The van der Waals surface area contributed by atoms with E-state index in [-0.39, 0.29) is 5.91 Å². The van der Waals surface area contributed by atoms with Gasteiger partial charge in [0.25, 0.3) is 0 Å². The number of carbonyl (C=O) groups is 2. The Bertz CT molecular complexity index is 704. The summed E-state index contributed by atoms with van der Waals surface area (Å²) in [4.78, 5) is 22.9. The molecule has 2 aromatic carbocycles. The fourth-order valence-electron chi connectivity index (χ4n) is 2.55. The van der Waals surface area contributed by atoms with E-state index in [2.05, 4.69) is 29.6 Å². The predicted molar refractivity (Wildman–Crippen MR) is 80.0 cm³/mol. The fraction of sp³-hybridized carbons (Fsp3) is 0.294. The molecule has 0 atom stereocenters. The van der Waals surface area contributed by atoms with Gasteiger partial charge < -0.3 is 10.4 Å². The third-order valence-electron chi connectivity index (χ3n) is 4.11. The number of carboxylic acids is 1. The van der Waals surface area contributed by atoms with E-state index in [0.717, 1.165) is 5.56 Å². The van der Waals surface area contributed by atoms with E-state index in [0.29, 0.717) is 25.8 Å². The standard InChI is InChI=1S/C17H17NO3/c19-15(17(8-9-17)16(20)21)18-10-7-12-5-6-13-3-1-2-4-14(13)11-12/h1-6,11H,7-10H2,(H,18,19)(H,20,21). The van der Waals surface area contributed by atoms with Gasteiger partial charge in [-0.05, 0) is 35.6 Å². The largest absolute Gasteiger partial charge is 0.480 e. The summed E-state index contributed by atoms with van der Waals surface area (Å²) in [5.74, 6) is -1.36. The van der Waals surface area contributed by atoms with Crippen LogP contribution < -0.4 is 5.32 Å². The molecule has 0 radical (unpaired) electrons. The zero-order valence-corrected chi connectivity index (χ0v) is 11.6. The number of aliphatic carboxylic acids is 1. The molecule has 0 heterocycles. The number of benzene rings is 2. The smallest absolute Gasteiger partial charge is 0.319 e. The Morgan fingerprint density at radius 3 is 2.48 bits per heavy atom. The highest BCUT2D eigenvalue weighted by Gasteiger charge is 2.56. The molecular formula is C17H17NO3. The Morgan fingerprint density at radius 1 is 1.10 bits per heavy atom. The van der Waals surface area contributed by atoms with Gasteiger partial charge in [0.15, 0.2) is 0 Å². The summed E-state index contributed by atoms with van der Waals surface area (Å²) in [6, 6.07) is 14.3. The van der Waals surface area contributed by atoms with Crippen molar-refractivity contribution < 1.29 is 14.7 Å². The van der Waals surface area contributed by atoms with Gasteiger partial charge >= 0.3 is 5.97 Å². The first-order chi connectivity index (χ1) is 10.1. The minimum atomic E-state index is -1.15. The summed E-state index contributed by atoms with van der Waals surface area (Å²) in [6.45, 7) is 0.464. The molecule has 2 aromatic rings. The first kappa shape index (κ1) is 13.6. The van der Waals surface area contributed by atoms with Crippen LogP contribution in [-0.4, -0.2) is 23.5 Å². The van der Waals surface area contributed by atoms with Crippen LogP contribution >= 0.6 is 0 Å². The molecule has 2 N–H and O–H groups in total. The monoisotopic (exact) mass is 283 g/mol. The topological polar surface area (TPSA) is 66.4 Å². The summed E-state index contributed by atoms with van der Waals surface area (Å²) in [5.41, 5.74) is -0.0159. The Hall–Kier alpha value is -2.36. The lowest BCUT2D eigenvalue weighted by Crippen LogP contribution is -2.37. The highest BCUT2D eigenvalue weighted by molar-refractivity contribution is 6.04. The van der Waals surface area contributed by atoms with Crippen molar-refractivity contribution in [1.82, 2.24) is 5.32 Å². The first-order valence-corrected chi connectivity index (χ1v) is 7.11. The third kappa shape index (κ3) is 2.61. The number of hydrogen-bond acceptors (Lipinski definition) is 2. The molecule has 4 heteroatoms. The highest BCUT2D eigenvalue weighted by Crippen LogP contribution is 2.46. The molecule has 1 aliphatic carbocycles. The SMILES string of the molecule is O=C(O)C1(C(=O)NCCc2ccc3ccccc3c2)CC1. The maximum Gasteiger partial charge on any atom is 0.319 e. The number of nitrogens with one attached hydrogen (secondary N) is 1. The van der Waals surface area contributed by atoms with Gasteiger partial charge in [-0.3, -0.25) is 9.59 Å². The molecular weight excluding hydrogens is 266 g/mol. The van der Waals surface area contributed by atoms with Crippen molar-refractivity contribution in [3.05, 3.63) is 48.0 Å². The first-order valence-electron chi connectivity index (χ1n) is 7.11. The number of fused-ring (bicyclic) bond motifs is 1.